The van der Waals surface area contributed by atoms with Crippen LogP contribution in [-0.2, 0) is 0 Å². The van der Waals surface area contributed by atoms with Gasteiger partial charge < -0.3 is 15.2 Å². The average Bonchev–Trinajstić information content (AvgIpc) is 2.76. The fraction of sp³-hybridized carbons (Fsp3) is 0.308. The Morgan fingerprint density at radius 3 is 2.53 bits per heavy atom. The number of nitrogens with two attached hydrogens (primary N) is 1. The Bertz CT molecular complexity index is 581. The molecule has 0 bridgehead atoms. The highest BCUT2D eigenvalue weighted by Gasteiger charge is 2.15. The van der Waals surface area contributed by atoms with E-state index in [1.165, 1.54) is 0 Å². The second-order valence-corrected chi connectivity index (χ2v) is 4.75. The van der Waals surface area contributed by atoms with Crippen molar-refractivity contribution in [2.24, 2.45) is 0 Å². The van der Waals surface area contributed by atoms with Crippen molar-refractivity contribution in [3.63, 3.8) is 0 Å². The summed E-state index contributed by atoms with van der Waals surface area (Å²) >= 11 is 6.25. The van der Waals surface area contributed by atoms with Crippen molar-refractivity contribution in [2.75, 3.05) is 12.8 Å². The van der Waals surface area contributed by atoms with Crippen LogP contribution in [0, 0.1) is 0 Å². The van der Waals surface area contributed by atoms with Gasteiger partial charge in [-0.15, -0.1) is 0 Å². The summed E-state index contributed by atoms with van der Waals surface area (Å²) in [4.78, 5) is 0. The Balaban J connectivity index is 2.53. The number of nitrogens with one attached hydrogen (secondary N) is 1. The van der Waals surface area contributed by atoms with Gasteiger partial charge in [0.15, 0.2) is 11.5 Å². The van der Waals surface area contributed by atoms with E-state index in [1.807, 2.05) is 19.9 Å². The number of aromatic nitrogens is 2. The SMILES string of the molecule is COc1cc(Cl)c(-c2cn[nH]c2N)cc1OC(C)C. The molecular formula is C13H16ClN3O2. The summed E-state index contributed by atoms with van der Waals surface area (Å²) < 4.78 is 11.0. The number of hydrogen-bond donors (Lipinski definition) is 2. The van der Waals surface area contributed by atoms with Crippen LogP contribution in [0.15, 0.2) is 18.3 Å². The Morgan fingerprint density at radius 1 is 1.26 bits per heavy atom. The van der Waals surface area contributed by atoms with E-state index >= 15 is 0 Å². The van der Waals surface area contributed by atoms with Crippen LogP contribution < -0.4 is 15.2 Å². The first-order chi connectivity index (χ1) is 9.02. The van der Waals surface area contributed by atoms with Crippen LogP contribution in [-0.4, -0.2) is 23.4 Å². The minimum atomic E-state index is 0.0321. The summed E-state index contributed by atoms with van der Waals surface area (Å²) in [5.74, 6) is 1.67. The minimum Gasteiger partial charge on any atom is -0.493 e. The first-order valence-corrected chi connectivity index (χ1v) is 6.24. The number of hydrogen-bond acceptors (Lipinski definition) is 4. The van der Waals surface area contributed by atoms with Crippen molar-refractivity contribution in [2.45, 2.75) is 20.0 Å². The zero-order valence-corrected chi connectivity index (χ0v) is 11.8. The fourth-order valence-electron chi connectivity index (χ4n) is 1.76. The summed E-state index contributed by atoms with van der Waals surface area (Å²) in [5, 5.41) is 7.10. The molecule has 5 nitrogen and oxygen atoms in total. The van der Waals surface area contributed by atoms with E-state index in [0.29, 0.717) is 22.3 Å². The molecule has 19 heavy (non-hydrogen) atoms. The lowest BCUT2D eigenvalue weighted by molar-refractivity contribution is 0.230. The second-order valence-electron chi connectivity index (χ2n) is 4.35. The molecule has 0 radical (unpaired) electrons. The maximum atomic E-state index is 6.25. The lowest BCUT2D eigenvalue weighted by Crippen LogP contribution is -2.07. The molecule has 0 saturated carbocycles. The molecule has 3 N–H and O–H groups in total. The van der Waals surface area contributed by atoms with Crippen molar-refractivity contribution in [3.05, 3.63) is 23.4 Å². The average molecular weight is 282 g/mol. The maximum Gasteiger partial charge on any atom is 0.162 e. The zero-order valence-electron chi connectivity index (χ0n) is 11.0. The van der Waals surface area contributed by atoms with Gasteiger partial charge in [0, 0.05) is 17.2 Å². The molecule has 6 heteroatoms. The highest BCUT2D eigenvalue weighted by Crippen LogP contribution is 2.40. The number of methoxy groups -OCH3 is 1. The largest absolute Gasteiger partial charge is 0.493 e. The summed E-state index contributed by atoms with van der Waals surface area (Å²) in [6.07, 6.45) is 1.66. The number of H-pyrrole nitrogens is 1. The van der Waals surface area contributed by atoms with Gasteiger partial charge in [-0.25, -0.2) is 0 Å². The molecule has 0 amide bonds. The van der Waals surface area contributed by atoms with Crippen molar-refractivity contribution in [1.82, 2.24) is 10.2 Å². The first kappa shape index (κ1) is 13.5. The molecule has 0 saturated heterocycles. The van der Waals surface area contributed by atoms with E-state index < -0.39 is 0 Å². The van der Waals surface area contributed by atoms with Gasteiger partial charge in [-0.1, -0.05) is 11.6 Å². The van der Waals surface area contributed by atoms with Crippen LogP contribution in [0.4, 0.5) is 5.82 Å². The first-order valence-electron chi connectivity index (χ1n) is 5.86. The second kappa shape index (κ2) is 5.40. The molecular weight excluding hydrogens is 266 g/mol. The van der Waals surface area contributed by atoms with Gasteiger partial charge >= 0.3 is 0 Å². The van der Waals surface area contributed by atoms with Crippen LogP contribution in [0.25, 0.3) is 11.1 Å². The van der Waals surface area contributed by atoms with E-state index in [2.05, 4.69) is 10.2 Å². The van der Waals surface area contributed by atoms with E-state index in [1.54, 1.807) is 19.4 Å². The Morgan fingerprint density at radius 2 is 2.00 bits per heavy atom. The van der Waals surface area contributed by atoms with Gasteiger partial charge in [0.1, 0.15) is 5.82 Å². The van der Waals surface area contributed by atoms with Crippen molar-refractivity contribution < 1.29 is 9.47 Å². The van der Waals surface area contributed by atoms with Gasteiger partial charge in [0.2, 0.25) is 0 Å². The Labute approximate surface area is 116 Å². The number of benzene rings is 1. The predicted molar refractivity (Wildman–Crippen MR) is 75.8 cm³/mol. The fourth-order valence-corrected chi connectivity index (χ4v) is 2.01. The Kier molecular flexibility index (Phi) is 3.85. The van der Waals surface area contributed by atoms with Gasteiger partial charge in [-0.2, -0.15) is 5.10 Å². The van der Waals surface area contributed by atoms with Gasteiger partial charge in [0.25, 0.3) is 0 Å². The summed E-state index contributed by atoms with van der Waals surface area (Å²) in [6.45, 7) is 3.89. The third kappa shape index (κ3) is 2.76. The number of rotatable bonds is 4. The van der Waals surface area contributed by atoms with Crippen LogP contribution in [0.1, 0.15) is 13.8 Å². The highest BCUT2D eigenvalue weighted by atomic mass is 35.5. The number of halogens is 1. The molecule has 2 rings (SSSR count). The number of anilines is 1. The molecule has 0 aliphatic carbocycles. The van der Waals surface area contributed by atoms with E-state index in [9.17, 15) is 0 Å². The zero-order chi connectivity index (χ0) is 14.0. The quantitative estimate of drug-likeness (QED) is 0.903. The molecule has 0 fully saturated rings. The summed E-state index contributed by atoms with van der Waals surface area (Å²) in [6, 6.07) is 3.52. The molecule has 102 valence electrons. The standard InChI is InChI=1S/C13H16ClN3O2/c1-7(2)19-12-4-8(9-6-16-17-13(9)15)10(14)5-11(12)18-3/h4-7H,1-3H3,(H3,15,16,17). The Hall–Kier alpha value is -1.88. The lowest BCUT2D eigenvalue weighted by atomic mass is 10.1. The monoisotopic (exact) mass is 281 g/mol. The normalized spacial score (nSPS) is 10.8. The topological polar surface area (TPSA) is 73.2 Å². The summed E-state index contributed by atoms with van der Waals surface area (Å²) in [5.41, 5.74) is 7.31. The van der Waals surface area contributed by atoms with E-state index in [4.69, 9.17) is 26.8 Å². The van der Waals surface area contributed by atoms with Gasteiger partial charge in [-0.05, 0) is 19.9 Å². The van der Waals surface area contributed by atoms with Gasteiger partial charge in [-0.3, -0.25) is 5.10 Å². The third-order valence-electron chi connectivity index (χ3n) is 2.57. The minimum absolute atomic E-state index is 0.0321. The molecule has 2 aromatic rings. The molecule has 0 atom stereocenters. The molecule has 0 unspecified atom stereocenters. The van der Waals surface area contributed by atoms with Crippen LogP contribution in [0.5, 0.6) is 11.5 Å². The molecule has 0 aliphatic rings. The van der Waals surface area contributed by atoms with Crippen LogP contribution in [0.3, 0.4) is 0 Å². The molecule has 1 aromatic carbocycles. The summed E-state index contributed by atoms with van der Waals surface area (Å²) in [7, 11) is 1.57. The van der Waals surface area contributed by atoms with Crippen LogP contribution in [0.2, 0.25) is 5.02 Å². The van der Waals surface area contributed by atoms with E-state index in [0.717, 1.165) is 11.1 Å². The molecule has 0 aliphatic heterocycles. The third-order valence-corrected chi connectivity index (χ3v) is 2.89. The lowest BCUT2D eigenvalue weighted by Gasteiger charge is -2.15. The molecule has 0 spiro atoms. The van der Waals surface area contributed by atoms with Crippen molar-refractivity contribution >= 4 is 17.4 Å². The number of nitrogen functional groups attached to an aromatic ring is 1. The van der Waals surface area contributed by atoms with Gasteiger partial charge in [0.05, 0.1) is 24.4 Å². The maximum absolute atomic E-state index is 6.25. The molecule has 1 heterocycles. The number of ether oxygens (including phenoxy) is 2. The number of aromatic amines is 1. The van der Waals surface area contributed by atoms with E-state index in [-0.39, 0.29) is 6.10 Å². The van der Waals surface area contributed by atoms with Crippen LogP contribution >= 0.6 is 11.6 Å². The smallest absolute Gasteiger partial charge is 0.162 e. The predicted octanol–water partition coefficient (Wildman–Crippen LogP) is 3.11. The molecule has 1 aromatic heterocycles. The highest BCUT2D eigenvalue weighted by molar-refractivity contribution is 6.33. The van der Waals surface area contributed by atoms with Crippen molar-refractivity contribution in [3.8, 4) is 22.6 Å². The number of nitrogens with zero attached hydrogens (tertiary/aromatic N) is 1. The van der Waals surface area contributed by atoms with Crippen molar-refractivity contribution in [1.29, 1.82) is 0 Å².